The first kappa shape index (κ1) is 14.1. The topological polar surface area (TPSA) is 46.6 Å². The zero-order valence-electron chi connectivity index (χ0n) is 11.6. The zero-order valence-corrected chi connectivity index (χ0v) is 12.4. The highest BCUT2D eigenvalue weighted by atomic mass is 32.2. The van der Waals surface area contributed by atoms with E-state index < -0.39 is 0 Å². The highest BCUT2D eigenvalue weighted by Gasteiger charge is 2.22. The Kier molecular flexibility index (Phi) is 4.50. The molecule has 5 heteroatoms. The standard InChI is InChI=1S/C16H17NO3S/c18-16(6-5-13-3-1-10-19-13)17-8-7-15(21-12-9-17)14-4-2-11-20-14/h1-6,10-11,15H,7-9,12H2/b6-5+/t15-/m1/s1. The van der Waals surface area contributed by atoms with Crippen LogP contribution in [0.25, 0.3) is 6.08 Å². The number of hydrogen-bond acceptors (Lipinski definition) is 4. The predicted octanol–water partition coefficient (Wildman–Crippen LogP) is 3.59. The fraction of sp³-hybridized carbons (Fsp3) is 0.312. The van der Waals surface area contributed by atoms with Gasteiger partial charge in [-0.3, -0.25) is 4.79 Å². The van der Waals surface area contributed by atoms with Gasteiger partial charge in [0.15, 0.2) is 0 Å². The van der Waals surface area contributed by atoms with Crippen LogP contribution in [0, 0.1) is 0 Å². The Balaban J connectivity index is 1.58. The van der Waals surface area contributed by atoms with Gasteiger partial charge in [-0.15, -0.1) is 11.8 Å². The van der Waals surface area contributed by atoms with E-state index in [-0.39, 0.29) is 5.91 Å². The number of nitrogens with zero attached hydrogens (tertiary/aromatic N) is 1. The number of carbonyl (C=O) groups excluding carboxylic acids is 1. The molecule has 0 spiro atoms. The molecule has 3 heterocycles. The van der Waals surface area contributed by atoms with Crippen LogP contribution in [0.5, 0.6) is 0 Å². The van der Waals surface area contributed by atoms with Gasteiger partial charge in [-0.05, 0) is 36.8 Å². The first-order valence-electron chi connectivity index (χ1n) is 6.98. The van der Waals surface area contributed by atoms with Crippen molar-refractivity contribution in [2.45, 2.75) is 11.7 Å². The van der Waals surface area contributed by atoms with Gasteiger partial charge in [0.05, 0.1) is 17.8 Å². The van der Waals surface area contributed by atoms with E-state index in [1.54, 1.807) is 30.7 Å². The van der Waals surface area contributed by atoms with E-state index in [9.17, 15) is 4.79 Å². The number of carbonyl (C=O) groups is 1. The van der Waals surface area contributed by atoms with Crippen LogP contribution in [0.15, 0.2) is 51.7 Å². The molecule has 1 fully saturated rings. The van der Waals surface area contributed by atoms with Crippen LogP contribution < -0.4 is 0 Å². The number of amides is 1. The molecule has 110 valence electrons. The van der Waals surface area contributed by atoms with Crippen molar-refractivity contribution in [1.82, 2.24) is 4.90 Å². The molecule has 0 aromatic carbocycles. The lowest BCUT2D eigenvalue weighted by Crippen LogP contribution is -2.31. The third kappa shape index (κ3) is 3.61. The van der Waals surface area contributed by atoms with E-state index in [0.29, 0.717) is 11.0 Å². The van der Waals surface area contributed by atoms with Crippen molar-refractivity contribution in [1.29, 1.82) is 0 Å². The SMILES string of the molecule is O=C(/C=C/c1ccco1)N1CCS[C@@H](c2ccco2)CC1. The maximum absolute atomic E-state index is 12.2. The molecule has 21 heavy (non-hydrogen) atoms. The first-order chi connectivity index (χ1) is 10.3. The van der Waals surface area contributed by atoms with Crippen LogP contribution in [-0.2, 0) is 4.79 Å². The molecule has 1 aliphatic rings. The molecule has 0 bridgehead atoms. The highest BCUT2D eigenvalue weighted by molar-refractivity contribution is 7.99. The van der Waals surface area contributed by atoms with Gasteiger partial charge in [0, 0.05) is 24.9 Å². The smallest absolute Gasteiger partial charge is 0.246 e. The third-order valence-electron chi connectivity index (χ3n) is 3.45. The Morgan fingerprint density at radius 3 is 2.86 bits per heavy atom. The van der Waals surface area contributed by atoms with Crippen molar-refractivity contribution in [3.8, 4) is 0 Å². The summed E-state index contributed by atoms with van der Waals surface area (Å²) in [5, 5.41) is 0.340. The van der Waals surface area contributed by atoms with Crippen LogP contribution in [0.4, 0.5) is 0 Å². The minimum atomic E-state index is 0.0343. The van der Waals surface area contributed by atoms with Crippen molar-refractivity contribution in [2.24, 2.45) is 0 Å². The summed E-state index contributed by atoms with van der Waals surface area (Å²) in [6, 6.07) is 7.55. The van der Waals surface area contributed by atoms with E-state index in [4.69, 9.17) is 8.83 Å². The molecule has 0 unspecified atom stereocenters. The second-order valence-corrected chi connectivity index (χ2v) is 6.15. The molecular formula is C16H17NO3S. The van der Waals surface area contributed by atoms with Crippen molar-refractivity contribution >= 4 is 23.7 Å². The lowest BCUT2D eigenvalue weighted by molar-refractivity contribution is -0.125. The zero-order chi connectivity index (χ0) is 14.5. The highest BCUT2D eigenvalue weighted by Crippen LogP contribution is 2.34. The van der Waals surface area contributed by atoms with Gasteiger partial charge in [-0.25, -0.2) is 0 Å². The summed E-state index contributed by atoms with van der Waals surface area (Å²) in [6.45, 7) is 1.52. The lowest BCUT2D eigenvalue weighted by Gasteiger charge is -2.17. The maximum atomic E-state index is 12.2. The Morgan fingerprint density at radius 1 is 1.24 bits per heavy atom. The van der Waals surface area contributed by atoms with Gasteiger partial charge in [0.25, 0.3) is 0 Å². The molecule has 1 amide bonds. The molecule has 1 atom stereocenters. The van der Waals surface area contributed by atoms with Crippen LogP contribution >= 0.6 is 11.8 Å². The molecule has 0 radical (unpaired) electrons. The summed E-state index contributed by atoms with van der Waals surface area (Å²) in [5.74, 6) is 2.65. The summed E-state index contributed by atoms with van der Waals surface area (Å²) in [6.07, 6.45) is 7.51. The molecule has 4 nitrogen and oxygen atoms in total. The Labute approximate surface area is 127 Å². The molecule has 0 saturated carbocycles. The summed E-state index contributed by atoms with van der Waals surface area (Å²) < 4.78 is 10.7. The summed E-state index contributed by atoms with van der Waals surface area (Å²) in [4.78, 5) is 14.1. The van der Waals surface area contributed by atoms with E-state index in [1.165, 1.54) is 0 Å². The van der Waals surface area contributed by atoms with Gasteiger partial charge < -0.3 is 13.7 Å². The quantitative estimate of drug-likeness (QED) is 0.813. The van der Waals surface area contributed by atoms with Crippen molar-refractivity contribution in [3.05, 3.63) is 54.4 Å². The van der Waals surface area contributed by atoms with Crippen LogP contribution in [0.3, 0.4) is 0 Å². The molecule has 1 saturated heterocycles. The predicted molar refractivity (Wildman–Crippen MR) is 82.8 cm³/mol. The number of thioether (sulfide) groups is 1. The second kappa shape index (κ2) is 6.72. The molecule has 2 aromatic heterocycles. The second-order valence-electron chi connectivity index (χ2n) is 4.84. The fourth-order valence-electron chi connectivity index (χ4n) is 2.34. The molecule has 2 aromatic rings. The Bertz CT molecular complexity index is 589. The van der Waals surface area contributed by atoms with Gasteiger partial charge in [0.1, 0.15) is 11.5 Å². The summed E-state index contributed by atoms with van der Waals surface area (Å²) in [7, 11) is 0. The maximum Gasteiger partial charge on any atom is 0.246 e. The van der Waals surface area contributed by atoms with E-state index >= 15 is 0 Å². The summed E-state index contributed by atoms with van der Waals surface area (Å²) in [5.41, 5.74) is 0. The normalized spacial score (nSPS) is 19.8. The van der Waals surface area contributed by atoms with Crippen molar-refractivity contribution < 1.29 is 13.6 Å². The molecule has 0 aliphatic carbocycles. The fourth-order valence-corrected chi connectivity index (χ4v) is 3.52. The van der Waals surface area contributed by atoms with Gasteiger partial charge >= 0.3 is 0 Å². The minimum Gasteiger partial charge on any atom is -0.468 e. The monoisotopic (exact) mass is 303 g/mol. The van der Waals surface area contributed by atoms with E-state index in [1.807, 2.05) is 34.9 Å². The van der Waals surface area contributed by atoms with Gasteiger partial charge in [-0.2, -0.15) is 0 Å². The molecular weight excluding hydrogens is 286 g/mol. The van der Waals surface area contributed by atoms with Crippen molar-refractivity contribution in [2.75, 3.05) is 18.8 Å². The van der Waals surface area contributed by atoms with Crippen LogP contribution in [0.1, 0.15) is 23.2 Å². The molecule has 1 aliphatic heterocycles. The number of rotatable bonds is 3. The summed E-state index contributed by atoms with van der Waals surface area (Å²) >= 11 is 1.85. The minimum absolute atomic E-state index is 0.0343. The number of hydrogen-bond donors (Lipinski definition) is 0. The molecule has 0 N–H and O–H groups in total. The van der Waals surface area contributed by atoms with Gasteiger partial charge in [-0.1, -0.05) is 0 Å². The Morgan fingerprint density at radius 2 is 2.10 bits per heavy atom. The van der Waals surface area contributed by atoms with Crippen LogP contribution in [-0.4, -0.2) is 29.6 Å². The van der Waals surface area contributed by atoms with Crippen LogP contribution in [0.2, 0.25) is 0 Å². The Hall–Kier alpha value is -1.88. The third-order valence-corrected chi connectivity index (χ3v) is 4.74. The lowest BCUT2D eigenvalue weighted by atomic mass is 10.2. The molecule has 3 rings (SSSR count). The number of furan rings is 2. The van der Waals surface area contributed by atoms with Gasteiger partial charge in [0.2, 0.25) is 5.91 Å². The first-order valence-corrected chi connectivity index (χ1v) is 8.03. The van der Waals surface area contributed by atoms with E-state index in [0.717, 1.165) is 31.0 Å². The van der Waals surface area contributed by atoms with Crippen molar-refractivity contribution in [3.63, 3.8) is 0 Å². The average Bonchev–Trinajstić information content (AvgIpc) is 3.15. The largest absolute Gasteiger partial charge is 0.468 e. The van der Waals surface area contributed by atoms with E-state index in [2.05, 4.69) is 0 Å². The average molecular weight is 303 g/mol.